The highest BCUT2D eigenvalue weighted by Crippen LogP contribution is 2.30. The molecule has 0 saturated carbocycles. The third-order valence-corrected chi connectivity index (χ3v) is 2.99. The molecule has 0 fully saturated rings. The van der Waals surface area contributed by atoms with Crippen LogP contribution in [0.15, 0.2) is 36.4 Å². The van der Waals surface area contributed by atoms with Crippen LogP contribution in [0.25, 0.3) is 0 Å². The normalized spacial score (nSPS) is 10.5. The maximum absolute atomic E-state index is 13.2. The maximum Gasteiger partial charge on any atom is 0.132 e. The van der Waals surface area contributed by atoms with E-state index in [4.69, 9.17) is 16.3 Å². The van der Waals surface area contributed by atoms with Gasteiger partial charge in [-0.15, -0.1) is 0 Å². The second-order valence-electron chi connectivity index (χ2n) is 4.29. The van der Waals surface area contributed by atoms with E-state index in [1.165, 1.54) is 12.1 Å². The quantitative estimate of drug-likeness (QED) is 0.901. The van der Waals surface area contributed by atoms with Gasteiger partial charge >= 0.3 is 0 Å². The van der Waals surface area contributed by atoms with Gasteiger partial charge in [-0.2, -0.15) is 0 Å². The van der Waals surface area contributed by atoms with Crippen LogP contribution in [-0.4, -0.2) is 7.05 Å². The van der Waals surface area contributed by atoms with E-state index in [9.17, 15) is 4.39 Å². The Morgan fingerprint density at radius 2 is 1.95 bits per heavy atom. The zero-order valence-corrected chi connectivity index (χ0v) is 11.6. The molecule has 2 aromatic rings. The van der Waals surface area contributed by atoms with Crippen molar-refractivity contribution in [1.82, 2.24) is 5.32 Å². The summed E-state index contributed by atoms with van der Waals surface area (Å²) < 4.78 is 19.1. The van der Waals surface area contributed by atoms with Crippen LogP contribution in [0.2, 0.25) is 5.02 Å². The van der Waals surface area contributed by atoms with Crippen LogP contribution in [0.1, 0.15) is 11.1 Å². The Labute approximate surface area is 117 Å². The first-order valence-electron chi connectivity index (χ1n) is 5.97. The fourth-order valence-corrected chi connectivity index (χ4v) is 1.94. The summed E-state index contributed by atoms with van der Waals surface area (Å²) in [6.07, 6.45) is 0. The predicted molar refractivity (Wildman–Crippen MR) is 75.4 cm³/mol. The lowest BCUT2D eigenvalue weighted by Gasteiger charge is -2.13. The smallest absolute Gasteiger partial charge is 0.132 e. The van der Waals surface area contributed by atoms with Crippen LogP contribution in [0.3, 0.4) is 0 Å². The lowest BCUT2D eigenvalue weighted by Crippen LogP contribution is -2.07. The monoisotopic (exact) mass is 279 g/mol. The number of halogens is 2. The summed E-state index contributed by atoms with van der Waals surface area (Å²) in [5.74, 6) is 1.03. The Hall–Kier alpha value is -1.58. The number of benzene rings is 2. The molecule has 0 heterocycles. The van der Waals surface area contributed by atoms with Crippen molar-refractivity contribution in [2.45, 2.75) is 13.5 Å². The molecule has 100 valence electrons. The molecule has 2 aromatic carbocycles. The van der Waals surface area contributed by atoms with Crippen molar-refractivity contribution < 1.29 is 9.13 Å². The summed E-state index contributed by atoms with van der Waals surface area (Å²) in [5, 5.41) is 3.60. The molecular weight excluding hydrogens is 265 g/mol. The largest absolute Gasteiger partial charge is 0.457 e. The molecule has 0 amide bonds. The minimum Gasteiger partial charge on any atom is -0.457 e. The SMILES string of the molecule is CNCc1cc(F)ccc1Oc1cc(Cl)ccc1C. The minimum atomic E-state index is -0.277. The molecule has 19 heavy (non-hydrogen) atoms. The Bertz CT molecular complexity index is 586. The van der Waals surface area contributed by atoms with Crippen LogP contribution in [0, 0.1) is 12.7 Å². The van der Waals surface area contributed by atoms with E-state index in [1.807, 2.05) is 19.1 Å². The van der Waals surface area contributed by atoms with E-state index in [-0.39, 0.29) is 5.82 Å². The Morgan fingerprint density at radius 3 is 2.68 bits per heavy atom. The fourth-order valence-electron chi connectivity index (χ4n) is 1.78. The van der Waals surface area contributed by atoms with Crippen LogP contribution >= 0.6 is 11.6 Å². The predicted octanol–water partition coefficient (Wildman–Crippen LogP) is 4.30. The van der Waals surface area contributed by atoms with Gasteiger partial charge in [-0.1, -0.05) is 17.7 Å². The summed E-state index contributed by atoms with van der Waals surface area (Å²) in [5.41, 5.74) is 1.74. The molecule has 4 heteroatoms. The third kappa shape index (κ3) is 3.46. The average molecular weight is 280 g/mol. The van der Waals surface area contributed by atoms with Crippen LogP contribution in [0.4, 0.5) is 4.39 Å². The second-order valence-corrected chi connectivity index (χ2v) is 4.73. The van der Waals surface area contributed by atoms with E-state index < -0.39 is 0 Å². The number of hydrogen-bond donors (Lipinski definition) is 1. The lowest BCUT2D eigenvalue weighted by molar-refractivity contribution is 0.468. The zero-order chi connectivity index (χ0) is 13.8. The topological polar surface area (TPSA) is 21.3 Å². The van der Waals surface area contributed by atoms with Gasteiger partial charge in [-0.05, 0) is 49.9 Å². The summed E-state index contributed by atoms with van der Waals surface area (Å²) in [6, 6.07) is 9.92. The molecule has 0 aliphatic rings. The highest BCUT2D eigenvalue weighted by atomic mass is 35.5. The molecule has 0 radical (unpaired) electrons. The van der Waals surface area contributed by atoms with E-state index in [2.05, 4.69) is 5.32 Å². The molecule has 0 spiro atoms. The maximum atomic E-state index is 13.2. The van der Waals surface area contributed by atoms with Crippen molar-refractivity contribution in [3.63, 3.8) is 0 Å². The molecule has 0 atom stereocenters. The van der Waals surface area contributed by atoms with E-state index in [1.54, 1.807) is 19.2 Å². The van der Waals surface area contributed by atoms with Gasteiger partial charge < -0.3 is 10.1 Å². The summed E-state index contributed by atoms with van der Waals surface area (Å²) in [6.45, 7) is 2.47. The molecular formula is C15H15ClFNO. The second kappa shape index (κ2) is 6.04. The van der Waals surface area contributed by atoms with Gasteiger partial charge in [0.2, 0.25) is 0 Å². The van der Waals surface area contributed by atoms with Crippen molar-refractivity contribution in [2.24, 2.45) is 0 Å². The van der Waals surface area contributed by atoms with Crippen molar-refractivity contribution in [3.05, 3.63) is 58.4 Å². The molecule has 0 bridgehead atoms. The first-order valence-corrected chi connectivity index (χ1v) is 6.35. The Balaban J connectivity index is 2.34. The lowest BCUT2D eigenvalue weighted by atomic mass is 10.2. The van der Waals surface area contributed by atoms with Crippen LogP contribution in [0.5, 0.6) is 11.5 Å². The van der Waals surface area contributed by atoms with E-state index in [0.717, 1.165) is 11.1 Å². The molecule has 2 rings (SSSR count). The molecule has 0 aromatic heterocycles. The van der Waals surface area contributed by atoms with E-state index >= 15 is 0 Å². The number of aryl methyl sites for hydroxylation is 1. The zero-order valence-electron chi connectivity index (χ0n) is 10.8. The molecule has 0 unspecified atom stereocenters. The summed E-state index contributed by atoms with van der Waals surface area (Å²) in [4.78, 5) is 0. The third-order valence-electron chi connectivity index (χ3n) is 2.76. The molecule has 0 saturated heterocycles. The number of ether oxygens (including phenoxy) is 1. The fraction of sp³-hybridized carbons (Fsp3) is 0.200. The van der Waals surface area contributed by atoms with Crippen LogP contribution in [-0.2, 0) is 6.54 Å². The first-order chi connectivity index (χ1) is 9.10. The first kappa shape index (κ1) is 13.8. The molecule has 1 N–H and O–H groups in total. The van der Waals surface area contributed by atoms with Gasteiger partial charge in [0.25, 0.3) is 0 Å². The number of nitrogens with one attached hydrogen (secondary N) is 1. The van der Waals surface area contributed by atoms with Crippen molar-refractivity contribution >= 4 is 11.6 Å². The molecule has 2 nitrogen and oxygen atoms in total. The van der Waals surface area contributed by atoms with Gasteiger partial charge in [0, 0.05) is 17.1 Å². The van der Waals surface area contributed by atoms with Gasteiger partial charge in [-0.25, -0.2) is 4.39 Å². The van der Waals surface area contributed by atoms with Gasteiger partial charge in [0.05, 0.1) is 0 Å². The Kier molecular flexibility index (Phi) is 4.40. The summed E-state index contributed by atoms with van der Waals surface area (Å²) in [7, 11) is 1.80. The summed E-state index contributed by atoms with van der Waals surface area (Å²) >= 11 is 5.96. The van der Waals surface area contributed by atoms with Crippen molar-refractivity contribution in [3.8, 4) is 11.5 Å². The van der Waals surface area contributed by atoms with Gasteiger partial charge in [0.1, 0.15) is 17.3 Å². The van der Waals surface area contributed by atoms with Gasteiger partial charge in [0.15, 0.2) is 0 Å². The standard InChI is InChI=1S/C15H15ClFNO/c1-10-3-4-12(16)8-15(10)19-14-6-5-13(17)7-11(14)9-18-2/h3-8,18H,9H2,1-2H3. The van der Waals surface area contributed by atoms with Crippen molar-refractivity contribution in [2.75, 3.05) is 7.05 Å². The number of rotatable bonds is 4. The average Bonchev–Trinajstić information content (AvgIpc) is 2.37. The molecule has 0 aliphatic carbocycles. The highest BCUT2D eigenvalue weighted by Gasteiger charge is 2.08. The highest BCUT2D eigenvalue weighted by molar-refractivity contribution is 6.30. The Morgan fingerprint density at radius 1 is 1.16 bits per heavy atom. The van der Waals surface area contributed by atoms with Gasteiger partial charge in [-0.3, -0.25) is 0 Å². The number of hydrogen-bond acceptors (Lipinski definition) is 2. The van der Waals surface area contributed by atoms with Crippen LogP contribution < -0.4 is 10.1 Å². The van der Waals surface area contributed by atoms with Crippen molar-refractivity contribution in [1.29, 1.82) is 0 Å². The minimum absolute atomic E-state index is 0.277. The molecule has 0 aliphatic heterocycles. The van der Waals surface area contributed by atoms with E-state index in [0.29, 0.717) is 23.1 Å².